The quantitative estimate of drug-likeness (QED) is 0.0629. The van der Waals surface area contributed by atoms with E-state index in [-0.39, 0.29) is 43.3 Å². The minimum atomic E-state index is -1.42. The van der Waals surface area contributed by atoms with E-state index >= 15 is 4.79 Å². The zero-order valence-electron chi connectivity index (χ0n) is 52.9. The van der Waals surface area contributed by atoms with Gasteiger partial charge in [0.1, 0.15) is 47.5 Å². The number of hydrogen-bond donors (Lipinski definition) is 6. The number of benzene rings is 3. The molecule has 9 atom stereocenters. The number of hydrogen-bond acceptors (Lipinski definition) is 12. The van der Waals surface area contributed by atoms with Gasteiger partial charge in [0.15, 0.2) is 0 Å². The van der Waals surface area contributed by atoms with Gasteiger partial charge < -0.3 is 46.1 Å². The number of rotatable bonds is 20. The minimum absolute atomic E-state index is 0.0228. The normalized spacial score (nSPS) is 19.5. The molecule has 3 aliphatic rings. The monoisotopic (exact) mass is 1210 g/mol. The summed E-state index contributed by atoms with van der Waals surface area (Å²) in [5.41, 5.74) is 3.17. The highest BCUT2D eigenvalue weighted by atomic mass is 32.2. The minimum Gasteiger partial charge on any atom is -0.481 e. The molecule has 86 heavy (non-hydrogen) atoms. The molecular weight excluding hydrogens is 1120 g/mol. The number of carboxylic acids is 1. The molecule has 0 aromatic heterocycles. The fourth-order valence-electron chi connectivity index (χ4n) is 11.1. The number of carbonyl (C=O) groups is 9. The first-order chi connectivity index (χ1) is 40.0. The Bertz CT molecular complexity index is 2970. The smallest absolute Gasteiger partial charge is 0.410 e. The predicted octanol–water partition coefficient (Wildman–Crippen LogP) is 7.91. The number of thioether (sulfide) groups is 1. The summed E-state index contributed by atoms with van der Waals surface area (Å²) in [7, 11) is 2.85. The van der Waals surface area contributed by atoms with Gasteiger partial charge in [-0.15, -0.1) is 11.8 Å². The molecule has 6 rings (SSSR count). The van der Waals surface area contributed by atoms with Crippen molar-refractivity contribution >= 4 is 65.4 Å². The third kappa shape index (κ3) is 18.0. The van der Waals surface area contributed by atoms with Crippen molar-refractivity contribution in [2.75, 3.05) is 26.4 Å². The number of aliphatic carboxylic acids is 1. The first kappa shape index (κ1) is 68.0. The van der Waals surface area contributed by atoms with E-state index in [2.05, 4.69) is 32.7 Å². The Labute approximate surface area is 511 Å². The number of carboxylic acid groups (broad SMARTS) is 1. The summed E-state index contributed by atoms with van der Waals surface area (Å²) >= 11 is 0.926. The van der Waals surface area contributed by atoms with Crippen molar-refractivity contribution in [3.05, 3.63) is 106 Å². The molecule has 1 saturated heterocycles. The molecule has 1 fully saturated rings. The summed E-state index contributed by atoms with van der Waals surface area (Å²) < 4.78 is 9.75. The fraction of sp³-hybridized carbons (Fsp3) is 0.585. The van der Waals surface area contributed by atoms with Crippen molar-refractivity contribution < 1.29 is 57.7 Å². The highest BCUT2D eigenvalue weighted by Gasteiger charge is 2.47. The largest absolute Gasteiger partial charge is 0.481 e. The topological polar surface area (TPSA) is 262 Å². The van der Waals surface area contributed by atoms with Crippen LogP contribution in [0.5, 0.6) is 0 Å². The Morgan fingerprint density at radius 1 is 0.628 bits per heavy atom. The lowest BCUT2D eigenvalue weighted by Gasteiger charge is -2.37. The summed E-state index contributed by atoms with van der Waals surface area (Å²) in [6, 6.07) is 15.8. The number of amides is 8. The number of aryl methyl sites for hydroxylation is 2. The van der Waals surface area contributed by atoms with Gasteiger partial charge in [0.05, 0.1) is 17.8 Å². The molecule has 470 valence electrons. The van der Waals surface area contributed by atoms with Gasteiger partial charge in [0.2, 0.25) is 35.4 Å². The molecule has 20 nitrogen and oxygen atoms in total. The van der Waals surface area contributed by atoms with Crippen LogP contribution in [0, 0.1) is 5.41 Å². The Morgan fingerprint density at radius 3 is 1.58 bits per heavy atom. The van der Waals surface area contributed by atoms with E-state index in [9.17, 15) is 43.5 Å². The Morgan fingerprint density at radius 2 is 1.10 bits per heavy atom. The third-order valence-electron chi connectivity index (χ3n) is 16.3. The SMILES string of the molecule is C[C@@H](C(=O)NC(C(=O)N1CC(c2ccc(CC(NC(=O)C(NC(=O)[C@H](C)N(C)C(=O)OC(C)(C)C)C(C)(C)SCC(=O)O)C(=O)NC3CCCc4ccccc43)cc2)CC1C(=O)NC1CCCc2ccccc21)C(C)(C)C)N(C)C(=O)OC(C)(C)C. The Kier molecular flexibility index (Phi) is 22.2. The summed E-state index contributed by atoms with van der Waals surface area (Å²) in [6.45, 7) is 22.1. The van der Waals surface area contributed by atoms with E-state index in [1.54, 1.807) is 67.2 Å². The number of nitrogens with zero attached hydrogens (tertiary/aromatic N) is 3. The van der Waals surface area contributed by atoms with Gasteiger partial charge >= 0.3 is 18.2 Å². The second-order valence-electron chi connectivity index (χ2n) is 26.8. The first-order valence-electron chi connectivity index (χ1n) is 29.9. The van der Waals surface area contributed by atoms with Crippen LogP contribution in [0.25, 0.3) is 0 Å². The van der Waals surface area contributed by atoms with E-state index in [1.165, 1.54) is 25.9 Å². The zero-order valence-corrected chi connectivity index (χ0v) is 53.7. The number of carbonyl (C=O) groups excluding carboxylic acids is 8. The molecule has 3 aromatic carbocycles. The van der Waals surface area contributed by atoms with E-state index in [1.807, 2.05) is 87.5 Å². The first-order valence-corrected chi connectivity index (χ1v) is 30.9. The van der Waals surface area contributed by atoms with Gasteiger partial charge in [-0.05, 0) is 153 Å². The van der Waals surface area contributed by atoms with E-state index in [0.29, 0.717) is 12.0 Å². The van der Waals surface area contributed by atoms with Crippen LogP contribution in [-0.2, 0) is 62.3 Å². The molecule has 0 radical (unpaired) electrons. The highest BCUT2D eigenvalue weighted by molar-refractivity contribution is 8.01. The fourth-order valence-corrected chi connectivity index (χ4v) is 11.9. The number of likely N-dealkylation sites (tertiary alicyclic amines) is 1. The number of likely N-dealkylation sites (N-methyl/N-ethyl adjacent to an activating group) is 2. The lowest BCUT2D eigenvalue weighted by Crippen LogP contribution is -2.62. The number of ether oxygens (including phenoxy) is 2. The highest BCUT2D eigenvalue weighted by Crippen LogP contribution is 2.37. The molecule has 0 bridgehead atoms. The summed E-state index contributed by atoms with van der Waals surface area (Å²) in [5, 5.41) is 24.8. The molecule has 7 unspecified atom stereocenters. The van der Waals surface area contributed by atoms with Crippen LogP contribution in [0.4, 0.5) is 9.59 Å². The molecule has 0 saturated carbocycles. The average Bonchev–Trinajstić information content (AvgIpc) is 2.49. The predicted molar refractivity (Wildman–Crippen MR) is 330 cm³/mol. The van der Waals surface area contributed by atoms with Crippen molar-refractivity contribution in [2.24, 2.45) is 5.41 Å². The van der Waals surface area contributed by atoms with Gasteiger partial charge in [-0.3, -0.25) is 43.4 Å². The maximum Gasteiger partial charge on any atom is 0.410 e. The molecular formula is C65H92N8O12S. The van der Waals surface area contributed by atoms with Crippen LogP contribution >= 0.6 is 11.8 Å². The van der Waals surface area contributed by atoms with Crippen LogP contribution < -0.4 is 26.6 Å². The van der Waals surface area contributed by atoms with Crippen LogP contribution in [0.2, 0.25) is 0 Å². The van der Waals surface area contributed by atoms with Gasteiger partial charge in [-0.25, -0.2) is 9.59 Å². The van der Waals surface area contributed by atoms with E-state index in [0.717, 1.165) is 76.6 Å². The van der Waals surface area contributed by atoms with E-state index < -0.39 is 111 Å². The van der Waals surface area contributed by atoms with Crippen molar-refractivity contribution in [3.8, 4) is 0 Å². The lowest BCUT2D eigenvalue weighted by atomic mass is 9.85. The molecule has 1 aliphatic heterocycles. The molecule has 0 spiro atoms. The summed E-state index contributed by atoms with van der Waals surface area (Å²) in [5.74, 6) is -5.27. The molecule has 8 amide bonds. The van der Waals surface area contributed by atoms with Gasteiger partial charge in [-0.2, -0.15) is 0 Å². The molecule has 6 N–H and O–H groups in total. The number of fused-ring (bicyclic) bond motifs is 2. The van der Waals surface area contributed by atoms with Crippen LogP contribution in [-0.4, -0.2) is 152 Å². The Hall–Kier alpha value is -7.16. The van der Waals surface area contributed by atoms with Crippen molar-refractivity contribution in [1.82, 2.24) is 41.3 Å². The Balaban J connectivity index is 1.31. The van der Waals surface area contributed by atoms with E-state index in [4.69, 9.17) is 9.47 Å². The standard InChI is InChI=1S/C65H92N8O12S/c1-38(71(14)60(82)84-63(6,7)8)54(76)69-52(65(12,13)86-37-51(74)75)58(80)68-49(56(78)66-47-28-20-24-42-22-16-18-26-45(42)47)34-40-30-32-41(33-31-40)44-35-50(57(79)67-48-29-21-25-43-23-17-19-27-46(43)48)73(36-44)59(81)53(62(3,4)5)70-55(77)39(2)72(15)61(83)85-64(9,10)11/h16-19,22-23,26-27,30-33,38-39,44,47-50,52-53H,20-21,24-25,28-29,34-37H2,1-15H3,(H,66,78)(H,67,79)(H,68,80)(H,69,76)(H,70,77)(H,74,75)/t38-,39-,44?,47?,48?,49?,50?,52?,53?/m0/s1. The maximum absolute atomic E-state index is 15.2. The lowest BCUT2D eigenvalue weighted by molar-refractivity contribution is -0.144. The van der Waals surface area contributed by atoms with Gasteiger partial charge in [0, 0.05) is 37.7 Å². The van der Waals surface area contributed by atoms with Gasteiger partial charge in [0.25, 0.3) is 0 Å². The molecule has 2 aliphatic carbocycles. The van der Waals surface area contributed by atoms with Crippen LogP contribution in [0.3, 0.4) is 0 Å². The van der Waals surface area contributed by atoms with Crippen molar-refractivity contribution in [2.45, 2.75) is 212 Å². The average molecular weight is 1210 g/mol. The third-order valence-corrected chi connectivity index (χ3v) is 17.6. The maximum atomic E-state index is 15.2. The molecule has 21 heteroatoms. The summed E-state index contributed by atoms with van der Waals surface area (Å²) in [4.78, 5) is 130. The zero-order chi connectivity index (χ0) is 63.8. The van der Waals surface area contributed by atoms with Crippen molar-refractivity contribution in [1.29, 1.82) is 0 Å². The van der Waals surface area contributed by atoms with Crippen LogP contribution in [0.15, 0.2) is 72.8 Å². The van der Waals surface area contributed by atoms with Crippen LogP contribution in [0.1, 0.15) is 173 Å². The molecule has 3 aromatic rings. The number of nitrogens with one attached hydrogen (secondary N) is 5. The van der Waals surface area contributed by atoms with Gasteiger partial charge in [-0.1, -0.05) is 93.6 Å². The summed E-state index contributed by atoms with van der Waals surface area (Å²) in [6.07, 6.45) is 3.53. The van der Waals surface area contributed by atoms with Crippen molar-refractivity contribution in [3.63, 3.8) is 0 Å². The second kappa shape index (κ2) is 28.1. The second-order valence-corrected chi connectivity index (χ2v) is 28.4. The molecule has 1 heterocycles.